The molecular formula is C16H31N3O2. The summed E-state index contributed by atoms with van der Waals surface area (Å²) in [6, 6.07) is 0.812. The number of carbonyl (C=O) groups excluding carboxylic acids is 1. The first-order chi connectivity index (χ1) is 9.95. The van der Waals surface area contributed by atoms with Gasteiger partial charge < -0.3 is 20.7 Å². The van der Waals surface area contributed by atoms with Crippen LogP contribution in [0.15, 0.2) is 0 Å². The molecule has 122 valence electrons. The lowest BCUT2D eigenvalue weighted by Crippen LogP contribution is -2.60. The second-order valence-electron chi connectivity index (χ2n) is 7.01. The van der Waals surface area contributed by atoms with Gasteiger partial charge in [-0.3, -0.25) is 4.79 Å². The van der Waals surface area contributed by atoms with Gasteiger partial charge in [0, 0.05) is 18.7 Å². The summed E-state index contributed by atoms with van der Waals surface area (Å²) in [4.78, 5) is 14.5. The third-order valence-corrected chi connectivity index (χ3v) is 5.17. The molecule has 2 rings (SSSR count). The van der Waals surface area contributed by atoms with Crippen LogP contribution in [-0.4, -0.2) is 55.2 Å². The lowest BCUT2D eigenvalue weighted by molar-refractivity contribution is -0.126. The van der Waals surface area contributed by atoms with Gasteiger partial charge in [-0.1, -0.05) is 6.42 Å². The van der Waals surface area contributed by atoms with Gasteiger partial charge in [0.2, 0.25) is 5.91 Å². The van der Waals surface area contributed by atoms with Crippen molar-refractivity contribution >= 4 is 5.91 Å². The summed E-state index contributed by atoms with van der Waals surface area (Å²) in [7, 11) is 2.16. The fourth-order valence-corrected chi connectivity index (χ4v) is 3.98. The van der Waals surface area contributed by atoms with E-state index in [1.807, 2.05) is 0 Å². The summed E-state index contributed by atoms with van der Waals surface area (Å²) in [5, 5.41) is 3.48. The van der Waals surface area contributed by atoms with Crippen molar-refractivity contribution in [1.82, 2.24) is 10.2 Å². The molecule has 21 heavy (non-hydrogen) atoms. The molecule has 3 unspecified atom stereocenters. The molecule has 3 atom stereocenters. The number of hydrogen-bond acceptors (Lipinski definition) is 4. The Bertz CT molecular complexity index is 355. The first-order valence-electron chi connectivity index (χ1n) is 8.31. The largest absolute Gasteiger partial charge is 0.380 e. The Morgan fingerprint density at radius 2 is 2.24 bits per heavy atom. The van der Waals surface area contributed by atoms with Crippen LogP contribution in [0.5, 0.6) is 0 Å². The SMILES string of the molecule is CC(C)NC1(C(N)=O)CCCC1CCN(C)C1CCOC1. The second-order valence-corrected chi connectivity index (χ2v) is 7.01. The molecule has 2 aliphatic rings. The van der Waals surface area contributed by atoms with E-state index in [4.69, 9.17) is 10.5 Å². The number of hydrogen-bond donors (Lipinski definition) is 2. The van der Waals surface area contributed by atoms with Gasteiger partial charge >= 0.3 is 0 Å². The molecule has 0 radical (unpaired) electrons. The number of likely N-dealkylation sites (N-methyl/N-ethyl adjacent to an activating group) is 1. The van der Waals surface area contributed by atoms with E-state index in [2.05, 4.69) is 31.1 Å². The van der Waals surface area contributed by atoms with E-state index in [-0.39, 0.29) is 11.9 Å². The molecule has 5 nitrogen and oxygen atoms in total. The molecular weight excluding hydrogens is 266 g/mol. The molecule has 1 saturated heterocycles. The summed E-state index contributed by atoms with van der Waals surface area (Å²) < 4.78 is 5.45. The minimum atomic E-state index is -0.499. The predicted octanol–water partition coefficient (Wildman–Crippen LogP) is 1.12. The maximum atomic E-state index is 12.1. The second kappa shape index (κ2) is 7.07. The van der Waals surface area contributed by atoms with E-state index in [0.717, 1.165) is 51.9 Å². The number of rotatable bonds is 7. The smallest absolute Gasteiger partial charge is 0.238 e. The molecule has 0 spiro atoms. The fourth-order valence-electron chi connectivity index (χ4n) is 3.98. The lowest BCUT2D eigenvalue weighted by atomic mass is 9.83. The van der Waals surface area contributed by atoms with Crippen LogP contribution in [-0.2, 0) is 9.53 Å². The molecule has 0 aromatic heterocycles. The van der Waals surface area contributed by atoms with E-state index in [1.54, 1.807) is 0 Å². The molecule has 1 heterocycles. The van der Waals surface area contributed by atoms with Crippen LogP contribution < -0.4 is 11.1 Å². The number of nitrogens with one attached hydrogen (secondary N) is 1. The van der Waals surface area contributed by atoms with Gasteiger partial charge in [-0.15, -0.1) is 0 Å². The Labute approximate surface area is 128 Å². The highest BCUT2D eigenvalue weighted by atomic mass is 16.5. The van der Waals surface area contributed by atoms with Crippen molar-refractivity contribution in [2.75, 3.05) is 26.8 Å². The summed E-state index contributed by atoms with van der Waals surface area (Å²) in [5.41, 5.74) is 5.27. The van der Waals surface area contributed by atoms with Gasteiger partial charge in [-0.2, -0.15) is 0 Å². The molecule has 1 amide bonds. The molecule has 1 saturated carbocycles. The number of nitrogens with zero attached hydrogens (tertiary/aromatic N) is 1. The standard InChI is InChI=1S/C16H31N3O2/c1-12(2)18-16(15(17)20)8-4-5-13(16)6-9-19(3)14-7-10-21-11-14/h12-14,18H,4-11H2,1-3H3,(H2,17,20). The van der Waals surface area contributed by atoms with Gasteiger partial charge in [0.25, 0.3) is 0 Å². The van der Waals surface area contributed by atoms with E-state index < -0.39 is 5.54 Å². The lowest BCUT2D eigenvalue weighted by Gasteiger charge is -2.36. The molecule has 2 fully saturated rings. The zero-order valence-electron chi connectivity index (χ0n) is 13.7. The highest BCUT2D eigenvalue weighted by Gasteiger charge is 2.47. The van der Waals surface area contributed by atoms with Crippen LogP contribution in [0.25, 0.3) is 0 Å². The van der Waals surface area contributed by atoms with Crippen LogP contribution >= 0.6 is 0 Å². The number of primary amides is 1. The third kappa shape index (κ3) is 3.76. The van der Waals surface area contributed by atoms with E-state index in [0.29, 0.717) is 12.0 Å². The maximum absolute atomic E-state index is 12.1. The third-order valence-electron chi connectivity index (χ3n) is 5.17. The molecule has 0 aromatic rings. The van der Waals surface area contributed by atoms with Crippen molar-refractivity contribution in [3.05, 3.63) is 0 Å². The predicted molar refractivity (Wildman–Crippen MR) is 84.0 cm³/mol. The van der Waals surface area contributed by atoms with Crippen LogP contribution in [0.2, 0.25) is 0 Å². The monoisotopic (exact) mass is 297 g/mol. The Balaban J connectivity index is 1.94. The number of amides is 1. The first kappa shape index (κ1) is 16.7. The minimum Gasteiger partial charge on any atom is -0.380 e. The van der Waals surface area contributed by atoms with Crippen molar-refractivity contribution in [2.24, 2.45) is 11.7 Å². The number of carbonyl (C=O) groups is 1. The average molecular weight is 297 g/mol. The summed E-state index contributed by atoms with van der Waals surface area (Å²) in [5.74, 6) is 0.174. The molecule has 1 aliphatic carbocycles. The Hall–Kier alpha value is -0.650. The Morgan fingerprint density at radius 1 is 1.48 bits per heavy atom. The molecule has 3 N–H and O–H groups in total. The maximum Gasteiger partial charge on any atom is 0.238 e. The van der Waals surface area contributed by atoms with E-state index in [1.165, 1.54) is 0 Å². The van der Waals surface area contributed by atoms with E-state index >= 15 is 0 Å². The fraction of sp³-hybridized carbons (Fsp3) is 0.938. The van der Waals surface area contributed by atoms with Gasteiger partial charge in [0.1, 0.15) is 5.54 Å². The summed E-state index contributed by atoms with van der Waals surface area (Å²) in [6.07, 6.45) is 5.20. The first-order valence-corrected chi connectivity index (χ1v) is 8.31. The quantitative estimate of drug-likeness (QED) is 0.739. The van der Waals surface area contributed by atoms with Crippen molar-refractivity contribution in [1.29, 1.82) is 0 Å². The van der Waals surface area contributed by atoms with Crippen molar-refractivity contribution < 1.29 is 9.53 Å². The molecule has 1 aliphatic heterocycles. The molecule has 5 heteroatoms. The van der Waals surface area contributed by atoms with E-state index in [9.17, 15) is 4.79 Å². The topological polar surface area (TPSA) is 67.6 Å². The normalized spacial score (nSPS) is 33.2. The zero-order chi connectivity index (χ0) is 15.5. The van der Waals surface area contributed by atoms with Crippen LogP contribution in [0.1, 0.15) is 46.0 Å². The molecule has 0 bridgehead atoms. The number of ether oxygens (including phenoxy) is 1. The summed E-state index contributed by atoms with van der Waals surface area (Å²) >= 11 is 0. The van der Waals surface area contributed by atoms with Gasteiger partial charge in [0.15, 0.2) is 0 Å². The molecule has 0 aromatic carbocycles. The zero-order valence-corrected chi connectivity index (χ0v) is 13.7. The van der Waals surface area contributed by atoms with Gasteiger partial charge in [-0.25, -0.2) is 0 Å². The van der Waals surface area contributed by atoms with Gasteiger partial charge in [0.05, 0.1) is 6.61 Å². The Morgan fingerprint density at radius 3 is 2.81 bits per heavy atom. The highest BCUT2D eigenvalue weighted by Crippen LogP contribution is 2.38. The average Bonchev–Trinajstić information content (AvgIpc) is 3.05. The van der Waals surface area contributed by atoms with Crippen LogP contribution in [0.3, 0.4) is 0 Å². The van der Waals surface area contributed by atoms with Crippen molar-refractivity contribution in [3.63, 3.8) is 0 Å². The van der Waals surface area contributed by atoms with Gasteiger partial charge in [-0.05, 0) is 59.0 Å². The van der Waals surface area contributed by atoms with Crippen molar-refractivity contribution in [3.8, 4) is 0 Å². The van der Waals surface area contributed by atoms with Crippen LogP contribution in [0.4, 0.5) is 0 Å². The Kier molecular flexibility index (Phi) is 5.63. The minimum absolute atomic E-state index is 0.175. The van der Waals surface area contributed by atoms with Crippen molar-refractivity contribution in [2.45, 2.75) is 63.6 Å². The van der Waals surface area contributed by atoms with Crippen LogP contribution in [0, 0.1) is 5.92 Å². The highest BCUT2D eigenvalue weighted by molar-refractivity contribution is 5.85. The number of nitrogens with two attached hydrogens (primary N) is 1. The summed E-state index contributed by atoms with van der Waals surface area (Å²) in [6.45, 7) is 6.89.